The van der Waals surface area contributed by atoms with E-state index in [1.54, 1.807) is 0 Å². The third kappa shape index (κ3) is 1.66. The second-order valence-electron chi connectivity index (χ2n) is 3.35. The lowest BCUT2D eigenvalue weighted by molar-refractivity contribution is -0.112. The van der Waals surface area contributed by atoms with E-state index in [4.69, 9.17) is 0 Å². The molecular formula is C11H8FNO2. The standard InChI is InChI=1S/C11H8FNO2/c1-6-4-10(14)8-5-7(12)2-3-9(8)13-11(6)15/h2-3,5H,1,4H2,(H,13,15). The summed E-state index contributed by atoms with van der Waals surface area (Å²) >= 11 is 0. The molecule has 1 aliphatic rings. The summed E-state index contributed by atoms with van der Waals surface area (Å²) in [6.07, 6.45) is -0.0672. The van der Waals surface area contributed by atoms with Gasteiger partial charge in [-0.05, 0) is 18.2 Å². The van der Waals surface area contributed by atoms with Crippen LogP contribution in [0.15, 0.2) is 30.4 Å². The molecule has 0 fully saturated rings. The van der Waals surface area contributed by atoms with Crippen LogP contribution in [0.5, 0.6) is 0 Å². The molecule has 1 aromatic carbocycles. The van der Waals surface area contributed by atoms with Gasteiger partial charge in [-0.25, -0.2) is 4.39 Å². The Balaban J connectivity index is 2.55. The van der Waals surface area contributed by atoms with Crippen LogP contribution in [0.3, 0.4) is 0 Å². The highest BCUT2D eigenvalue weighted by molar-refractivity contribution is 6.16. The summed E-state index contributed by atoms with van der Waals surface area (Å²) in [5, 5.41) is 2.50. The Morgan fingerprint density at radius 1 is 1.33 bits per heavy atom. The molecule has 0 aliphatic carbocycles. The lowest BCUT2D eigenvalue weighted by atomic mass is 10.0. The fraction of sp³-hybridized carbons (Fsp3) is 0.0909. The van der Waals surface area contributed by atoms with Gasteiger partial charge in [0.1, 0.15) is 5.82 Å². The van der Waals surface area contributed by atoms with Crippen molar-refractivity contribution in [1.29, 1.82) is 0 Å². The molecule has 2 rings (SSSR count). The molecule has 1 amide bonds. The number of carbonyl (C=O) groups is 2. The largest absolute Gasteiger partial charge is 0.322 e. The van der Waals surface area contributed by atoms with Crippen LogP contribution >= 0.6 is 0 Å². The summed E-state index contributed by atoms with van der Waals surface area (Å²) in [7, 11) is 0. The molecule has 0 radical (unpaired) electrons. The van der Waals surface area contributed by atoms with E-state index in [2.05, 4.69) is 11.9 Å². The molecule has 0 unspecified atom stereocenters. The zero-order valence-corrected chi connectivity index (χ0v) is 7.84. The van der Waals surface area contributed by atoms with Crippen LogP contribution in [0, 0.1) is 5.82 Å². The SMILES string of the molecule is C=C1CC(=O)c2cc(F)ccc2NC1=O. The number of halogens is 1. The number of carbonyl (C=O) groups excluding carboxylic acids is 2. The van der Waals surface area contributed by atoms with E-state index < -0.39 is 11.7 Å². The summed E-state index contributed by atoms with van der Waals surface area (Å²) in [6.45, 7) is 3.48. The third-order valence-electron chi connectivity index (χ3n) is 2.23. The number of fused-ring (bicyclic) bond motifs is 1. The fourth-order valence-corrected chi connectivity index (χ4v) is 1.44. The average Bonchev–Trinajstić information content (AvgIpc) is 2.28. The lowest BCUT2D eigenvalue weighted by Gasteiger charge is -2.04. The molecule has 0 spiro atoms. The molecule has 0 atom stereocenters. The summed E-state index contributed by atoms with van der Waals surface area (Å²) in [5.74, 6) is -1.19. The van der Waals surface area contributed by atoms with Crippen molar-refractivity contribution >= 4 is 17.4 Å². The van der Waals surface area contributed by atoms with E-state index in [-0.39, 0.29) is 23.3 Å². The number of anilines is 1. The van der Waals surface area contributed by atoms with Crippen molar-refractivity contribution in [3.63, 3.8) is 0 Å². The third-order valence-corrected chi connectivity index (χ3v) is 2.23. The minimum absolute atomic E-state index is 0.0672. The van der Waals surface area contributed by atoms with Crippen LogP contribution < -0.4 is 5.32 Å². The van der Waals surface area contributed by atoms with Crippen molar-refractivity contribution in [2.75, 3.05) is 5.32 Å². The smallest absolute Gasteiger partial charge is 0.251 e. The molecular weight excluding hydrogens is 197 g/mol. The van der Waals surface area contributed by atoms with E-state index in [1.807, 2.05) is 0 Å². The minimum atomic E-state index is -0.496. The van der Waals surface area contributed by atoms with Crippen LogP contribution in [0.2, 0.25) is 0 Å². The quantitative estimate of drug-likeness (QED) is 0.657. The Labute approximate surface area is 85.6 Å². The predicted molar refractivity (Wildman–Crippen MR) is 53.1 cm³/mol. The number of rotatable bonds is 0. The molecule has 76 valence electrons. The number of nitrogens with one attached hydrogen (secondary N) is 1. The predicted octanol–water partition coefficient (Wildman–Crippen LogP) is 1.91. The van der Waals surface area contributed by atoms with Crippen molar-refractivity contribution in [2.45, 2.75) is 6.42 Å². The Kier molecular flexibility index (Phi) is 2.11. The van der Waals surface area contributed by atoms with Gasteiger partial charge in [-0.15, -0.1) is 0 Å². The molecule has 0 aromatic heterocycles. The molecule has 15 heavy (non-hydrogen) atoms. The molecule has 0 bridgehead atoms. The lowest BCUT2D eigenvalue weighted by Crippen LogP contribution is -2.11. The number of benzene rings is 1. The van der Waals surface area contributed by atoms with Gasteiger partial charge in [0.05, 0.1) is 5.69 Å². The first-order valence-electron chi connectivity index (χ1n) is 4.40. The van der Waals surface area contributed by atoms with E-state index in [0.717, 1.165) is 6.07 Å². The van der Waals surface area contributed by atoms with Crippen molar-refractivity contribution in [3.05, 3.63) is 41.7 Å². The Hall–Kier alpha value is -1.97. The highest BCUT2D eigenvalue weighted by Crippen LogP contribution is 2.24. The summed E-state index contributed by atoms with van der Waals surface area (Å²) in [6, 6.07) is 3.69. The first-order chi connectivity index (χ1) is 7.08. The van der Waals surface area contributed by atoms with Crippen molar-refractivity contribution in [3.8, 4) is 0 Å². The first kappa shape index (κ1) is 9.58. The maximum atomic E-state index is 12.9. The second kappa shape index (κ2) is 3.31. The minimum Gasteiger partial charge on any atom is -0.322 e. The molecule has 0 saturated heterocycles. The van der Waals surface area contributed by atoms with E-state index in [1.165, 1.54) is 12.1 Å². The maximum Gasteiger partial charge on any atom is 0.251 e. The number of amides is 1. The summed E-state index contributed by atoms with van der Waals surface area (Å²) < 4.78 is 12.9. The zero-order chi connectivity index (χ0) is 11.0. The molecule has 1 N–H and O–H groups in total. The van der Waals surface area contributed by atoms with Crippen LogP contribution in [-0.2, 0) is 4.79 Å². The van der Waals surface area contributed by atoms with Crippen LogP contribution in [0.4, 0.5) is 10.1 Å². The summed E-state index contributed by atoms with van der Waals surface area (Å²) in [4.78, 5) is 22.9. The zero-order valence-electron chi connectivity index (χ0n) is 7.84. The van der Waals surface area contributed by atoms with Crippen molar-refractivity contribution in [1.82, 2.24) is 0 Å². The van der Waals surface area contributed by atoms with Crippen LogP contribution in [0.25, 0.3) is 0 Å². The van der Waals surface area contributed by atoms with Gasteiger partial charge < -0.3 is 5.32 Å². The number of hydrogen-bond donors (Lipinski definition) is 1. The van der Waals surface area contributed by atoms with Crippen LogP contribution in [-0.4, -0.2) is 11.7 Å². The van der Waals surface area contributed by atoms with Gasteiger partial charge in [-0.2, -0.15) is 0 Å². The van der Waals surface area contributed by atoms with Crippen molar-refractivity contribution < 1.29 is 14.0 Å². The molecule has 0 saturated carbocycles. The highest BCUT2D eigenvalue weighted by Gasteiger charge is 2.22. The Morgan fingerprint density at radius 2 is 2.07 bits per heavy atom. The second-order valence-corrected chi connectivity index (χ2v) is 3.35. The Bertz CT molecular complexity index is 479. The van der Waals surface area contributed by atoms with Crippen LogP contribution in [0.1, 0.15) is 16.8 Å². The number of ketones is 1. The van der Waals surface area contributed by atoms with Gasteiger partial charge in [-0.3, -0.25) is 9.59 Å². The van der Waals surface area contributed by atoms with Gasteiger partial charge in [0.25, 0.3) is 5.91 Å². The van der Waals surface area contributed by atoms with Gasteiger partial charge in [0.15, 0.2) is 5.78 Å². The summed E-state index contributed by atoms with van der Waals surface area (Å²) in [5.41, 5.74) is 0.726. The van der Waals surface area contributed by atoms with E-state index in [0.29, 0.717) is 5.69 Å². The van der Waals surface area contributed by atoms with Gasteiger partial charge in [0, 0.05) is 17.6 Å². The monoisotopic (exact) mass is 205 g/mol. The first-order valence-corrected chi connectivity index (χ1v) is 4.40. The van der Waals surface area contributed by atoms with E-state index >= 15 is 0 Å². The number of hydrogen-bond acceptors (Lipinski definition) is 2. The average molecular weight is 205 g/mol. The van der Waals surface area contributed by atoms with Gasteiger partial charge >= 0.3 is 0 Å². The maximum absolute atomic E-state index is 12.9. The molecule has 4 heteroatoms. The highest BCUT2D eigenvalue weighted by atomic mass is 19.1. The molecule has 1 aromatic rings. The number of Topliss-reactive ketones (excluding diaryl/α,β-unsaturated/α-hetero) is 1. The molecule has 3 nitrogen and oxygen atoms in total. The molecule has 1 aliphatic heterocycles. The van der Waals surface area contributed by atoms with Gasteiger partial charge in [0.2, 0.25) is 0 Å². The van der Waals surface area contributed by atoms with Gasteiger partial charge in [-0.1, -0.05) is 6.58 Å². The normalized spacial score (nSPS) is 15.7. The fourth-order valence-electron chi connectivity index (χ4n) is 1.44. The van der Waals surface area contributed by atoms with Crippen molar-refractivity contribution in [2.24, 2.45) is 0 Å². The topological polar surface area (TPSA) is 46.2 Å². The Morgan fingerprint density at radius 3 is 2.80 bits per heavy atom. The molecule has 1 heterocycles. The van der Waals surface area contributed by atoms with E-state index in [9.17, 15) is 14.0 Å².